The van der Waals surface area contributed by atoms with Crippen LogP contribution in [0, 0.1) is 5.92 Å². The molecule has 1 aliphatic rings. The number of fused-ring (bicyclic) bond motifs is 1. The summed E-state index contributed by atoms with van der Waals surface area (Å²) < 4.78 is 40.3. The summed E-state index contributed by atoms with van der Waals surface area (Å²) >= 11 is 0. The summed E-state index contributed by atoms with van der Waals surface area (Å²) in [5.74, 6) is -0.162. The first-order valence-electron chi connectivity index (χ1n) is 6.76. The Morgan fingerprint density at radius 2 is 2.00 bits per heavy atom. The van der Waals surface area contributed by atoms with Crippen LogP contribution < -0.4 is 5.73 Å². The molecule has 4 nitrogen and oxygen atoms in total. The van der Waals surface area contributed by atoms with Crippen LogP contribution in [0.2, 0.25) is 0 Å². The summed E-state index contributed by atoms with van der Waals surface area (Å²) in [5, 5.41) is 8.04. The number of anilines is 1. The van der Waals surface area contributed by atoms with Crippen molar-refractivity contribution < 1.29 is 13.2 Å². The second kappa shape index (κ2) is 5.05. The van der Waals surface area contributed by atoms with Crippen molar-refractivity contribution in [2.45, 2.75) is 32.0 Å². The van der Waals surface area contributed by atoms with Gasteiger partial charge in [0.25, 0.3) is 0 Å². The lowest BCUT2D eigenvalue weighted by molar-refractivity contribution is -0.182. The highest BCUT2D eigenvalue weighted by molar-refractivity contribution is 5.47. The molecule has 1 atom stereocenters. The average molecular weight is 296 g/mol. The number of hydrogen-bond acceptors (Lipinski definition) is 3. The molecule has 0 saturated heterocycles. The Hall–Kier alpha value is -2.05. The van der Waals surface area contributed by atoms with E-state index in [0.717, 1.165) is 5.56 Å². The Morgan fingerprint density at radius 1 is 1.24 bits per heavy atom. The predicted octanol–water partition coefficient (Wildman–Crippen LogP) is 2.58. The van der Waals surface area contributed by atoms with Crippen molar-refractivity contribution in [3.63, 3.8) is 0 Å². The summed E-state index contributed by atoms with van der Waals surface area (Å²) in [7, 11) is 0. The highest BCUT2D eigenvalue weighted by Gasteiger charge is 2.42. The van der Waals surface area contributed by atoms with Crippen LogP contribution in [0.25, 0.3) is 0 Å². The fourth-order valence-corrected chi connectivity index (χ4v) is 2.65. The van der Waals surface area contributed by atoms with Gasteiger partial charge in [-0.05, 0) is 18.1 Å². The number of para-hydroxylation sites is 1. The van der Waals surface area contributed by atoms with Crippen LogP contribution in [-0.4, -0.2) is 20.9 Å². The van der Waals surface area contributed by atoms with E-state index in [1.165, 1.54) is 0 Å². The molecule has 0 amide bonds. The first-order chi connectivity index (χ1) is 9.95. The van der Waals surface area contributed by atoms with Crippen molar-refractivity contribution in [1.29, 1.82) is 0 Å². The van der Waals surface area contributed by atoms with Gasteiger partial charge in [0.15, 0.2) is 0 Å². The number of nitrogens with zero attached hydrogens (tertiary/aromatic N) is 3. The third kappa shape index (κ3) is 2.72. The van der Waals surface area contributed by atoms with Crippen LogP contribution in [0.5, 0.6) is 0 Å². The lowest BCUT2D eigenvalue weighted by Gasteiger charge is -2.26. The Labute approximate surface area is 119 Å². The van der Waals surface area contributed by atoms with Gasteiger partial charge in [0, 0.05) is 25.1 Å². The summed E-state index contributed by atoms with van der Waals surface area (Å²) in [5.41, 5.74) is 7.33. The zero-order valence-electron chi connectivity index (χ0n) is 11.3. The average Bonchev–Trinajstić information content (AvgIpc) is 2.83. The minimum Gasteiger partial charge on any atom is -0.398 e. The first kappa shape index (κ1) is 13.9. The van der Waals surface area contributed by atoms with E-state index in [-0.39, 0.29) is 13.0 Å². The summed E-state index contributed by atoms with van der Waals surface area (Å²) in [6.45, 7) is -0.103. The second-order valence-corrected chi connectivity index (χ2v) is 5.30. The van der Waals surface area contributed by atoms with E-state index in [1.54, 1.807) is 10.6 Å². The molecule has 0 radical (unpaired) electrons. The van der Waals surface area contributed by atoms with E-state index in [4.69, 9.17) is 5.73 Å². The van der Waals surface area contributed by atoms with Gasteiger partial charge in [-0.15, -0.1) is 10.2 Å². The second-order valence-electron chi connectivity index (χ2n) is 5.30. The molecule has 112 valence electrons. The number of hydrogen-bond donors (Lipinski definition) is 1. The third-order valence-corrected chi connectivity index (χ3v) is 3.89. The number of alkyl halides is 3. The van der Waals surface area contributed by atoms with Gasteiger partial charge in [0.05, 0.1) is 5.92 Å². The summed E-state index contributed by atoms with van der Waals surface area (Å²) in [6.07, 6.45) is -3.40. The molecule has 1 unspecified atom stereocenters. The number of rotatable bonds is 2. The summed E-state index contributed by atoms with van der Waals surface area (Å²) in [6, 6.07) is 7.28. The minimum atomic E-state index is -4.18. The SMILES string of the molecule is Nc1ccccc1Cc1nnc2n1CC(C(F)(F)F)CC2. The van der Waals surface area contributed by atoms with Crippen LogP contribution in [0.3, 0.4) is 0 Å². The number of aromatic nitrogens is 3. The standard InChI is InChI=1S/C14H15F3N4/c15-14(16,17)10-5-6-12-19-20-13(21(12)8-10)7-9-3-1-2-4-11(9)18/h1-4,10H,5-8,18H2. The van der Waals surface area contributed by atoms with Gasteiger partial charge in [-0.1, -0.05) is 18.2 Å². The molecule has 0 fully saturated rings. The zero-order valence-corrected chi connectivity index (χ0v) is 11.3. The largest absolute Gasteiger partial charge is 0.398 e. The smallest absolute Gasteiger partial charge is 0.393 e. The van der Waals surface area contributed by atoms with Crippen molar-refractivity contribution >= 4 is 5.69 Å². The van der Waals surface area contributed by atoms with Crippen LogP contribution in [0.1, 0.15) is 23.6 Å². The first-order valence-corrected chi connectivity index (χ1v) is 6.76. The van der Waals surface area contributed by atoms with E-state index in [2.05, 4.69) is 10.2 Å². The van der Waals surface area contributed by atoms with Crippen molar-refractivity contribution in [3.05, 3.63) is 41.5 Å². The lowest BCUT2D eigenvalue weighted by Crippen LogP contribution is -2.32. The molecule has 0 aliphatic carbocycles. The van der Waals surface area contributed by atoms with E-state index in [9.17, 15) is 13.2 Å². The molecule has 21 heavy (non-hydrogen) atoms. The molecule has 0 saturated carbocycles. The van der Waals surface area contributed by atoms with Crippen molar-refractivity contribution in [2.75, 3.05) is 5.73 Å². The molecular formula is C14H15F3N4. The van der Waals surface area contributed by atoms with E-state index in [0.29, 0.717) is 30.2 Å². The number of halogens is 3. The maximum atomic E-state index is 12.9. The van der Waals surface area contributed by atoms with Gasteiger partial charge in [-0.3, -0.25) is 0 Å². The Balaban J connectivity index is 1.87. The fraction of sp³-hybridized carbons (Fsp3) is 0.429. The van der Waals surface area contributed by atoms with Gasteiger partial charge < -0.3 is 10.3 Å². The Kier molecular flexibility index (Phi) is 3.35. The molecule has 1 aromatic heterocycles. The van der Waals surface area contributed by atoms with E-state index in [1.807, 2.05) is 18.2 Å². The maximum Gasteiger partial charge on any atom is 0.393 e. The molecule has 2 heterocycles. The molecule has 3 rings (SSSR count). The maximum absolute atomic E-state index is 12.9. The molecular weight excluding hydrogens is 281 g/mol. The van der Waals surface area contributed by atoms with E-state index < -0.39 is 12.1 Å². The quantitative estimate of drug-likeness (QED) is 0.867. The Bertz CT molecular complexity index is 648. The van der Waals surface area contributed by atoms with Gasteiger partial charge in [0.1, 0.15) is 11.6 Å². The highest BCUT2D eigenvalue weighted by atomic mass is 19.4. The van der Waals surface area contributed by atoms with Crippen molar-refractivity contribution in [3.8, 4) is 0 Å². The lowest BCUT2D eigenvalue weighted by atomic mass is 9.98. The normalized spacial score (nSPS) is 18.5. The van der Waals surface area contributed by atoms with Crippen molar-refractivity contribution in [2.24, 2.45) is 5.92 Å². The zero-order chi connectivity index (χ0) is 15.0. The van der Waals surface area contributed by atoms with Gasteiger partial charge >= 0.3 is 6.18 Å². The topological polar surface area (TPSA) is 56.7 Å². The fourth-order valence-electron chi connectivity index (χ4n) is 2.65. The third-order valence-electron chi connectivity index (χ3n) is 3.89. The molecule has 0 spiro atoms. The predicted molar refractivity (Wildman–Crippen MR) is 71.5 cm³/mol. The highest BCUT2D eigenvalue weighted by Crippen LogP contribution is 2.34. The number of benzene rings is 1. The van der Waals surface area contributed by atoms with Crippen molar-refractivity contribution in [1.82, 2.24) is 14.8 Å². The minimum absolute atomic E-state index is 0.0785. The van der Waals surface area contributed by atoms with Gasteiger partial charge in [-0.2, -0.15) is 13.2 Å². The molecule has 7 heteroatoms. The monoisotopic (exact) mass is 296 g/mol. The van der Waals surface area contributed by atoms with Crippen LogP contribution in [-0.2, 0) is 19.4 Å². The molecule has 2 aromatic rings. The number of nitrogens with two attached hydrogens (primary N) is 1. The van der Waals surface area contributed by atoms with Gasteiger partial charge in [0.2, 0.25) is 0 Å². The van der Waals surface area contributed by atoms with Crippen LogP contribution in [0.4, 0.5) is 18.9 Å². The van der Waals surface area contributed by atoms with Gasteiger partial charge in [-0.25, -0.2) is 0 Å². The van der Waals surface area contributed by atoms with Crippen LogP contribution >= 0.6 is 0 Å². The molecule has 0 bridgehead atoms. The molecule has 2 N–H and O–H groups in total. The molecule has 1 aliphatic heterocycles. The molecule has 1 aromatic carbocycles. The van der Waals surface area contributed by atoms with Crippen LogP contribution in [0.15, 0.2) is 24.3 Å². The number of aryl methyl sites for hydroxylation is 1. The number of nitrogen functional groups attached to an aromatic ring is 1. The Morgan fingerprint density at radius 3 is 2.71 bits per heavy atom. The summed E-state index contributed by atoms with van der Waals surface area (Å²) in [4.78, 5) is 0. The van der Waals surface area contributed by atoms with E-state index >= 15 is 0 Å².